The summed E-state index contributed by atoms with van der Waals surface area (Å²) in [5.74, 6) is 1.11. The zero-order chi connectivity index (χ0) is 24.0. The molecular formula is C25H30Cl2N2O4. The van der Waals surface area contributed by atoms with Gasteiger partial charge in [-0.05, 0) is 61.6 Å². The predicted octanol–water partition coefficient (Wildman–Crippen LogP) is 5.38. The van der Waals surface area contributed by atoms with Crippen LogP contribution in [0.5, 0.6) is 11.5 Å². The summed E-state index contributed by atoms with van der Waals surface area (Å²) < 4.78 is 10.8. The lowest BCUT2D eigenvalue weighted by Crippen LogP contribution is -2.50. The van der Waals surface area contributed by atoms with Crippen LogP contribution in [0.1, 0.15) is 51.2 Å². The van der Waals surface area contributed by atoms with Crippen LogP contribution in [0, 0.1) is 0 Å². The van der Waals surface area contributed by atoms with Crippen LogP contribution in [-0.4, -0.2) is 35.6 Å². The van der Waals surface area contributed by atoms with Crippen LogP contribution in [0.4, 0.5) is 0 Å². The van der Waals surface area contributed by atoms with Crippen molar-refractivity contribution in [2.24, 2.45) is 0 Å². The molecule has 2 aromatic rings. The second-order valence-electron chi connectivity index (χ2n) is 8.19. The number of nitrogens with one attached hydrogen (secondary N) is 1. The second kappa shape index (κ2) is 11.6. The number of amides is 2. The van der Waals surface area contributed by atoms with Gasteiger partial charge in [0, 0.05) is 29.1 Å². The van der Waals surface area contributed by atoms with Crippen molar-refractivity contribution < 1.29 is 19.1 Å². The molecule has 6 nitrogen and oxygen atoms in total. The Labute approximate surface area is 205 Å². The normalized spacial score (nSPS) is 14.0. The summed E-state index contributed by atoms with van der Waals surface area (Å²) in [6, 6.07) is 10.3. The van der Waals surface area contributed by atoms with Crippen molar-refractivity contribution in [3.05, 3.63) is 57.6 Å². The molecule has 1 N–H and O–H groups in total. The van der Waals surface area contributed by atoms with Crippen molar-refractivity contribution >= 4 is 35.0 Å². The Morgan fingerprint density at radius 2 is 1.82 bits per heavy atom. The standard InChI is InChI=1S/C25H30Cl2N2O4/c1-4-16(3)28-25(31)21(5-2)29(14-18-8-9-19(26)13-20(18)27)24(30)11-7-17-6-10-22-23(12-17)33-15-32-22/h6,8-10,12-13,16,21H,4-5,7,11,14-15H2,1-3H3,(H,28,31). The lowest BCUT2D eigenvalue weighted by molar-refractivity contribution is -0.141. The number of hydrogen-bond donors (Lipinski definition) is 1. The van der Waals surface area contributed by atoms with Gasteiger partial charge >= 0.3 is 0 Å². The molecular weight excluding hydrogens is 463 g/mol. The highest BCUT2D eigenvalue weighted by molar-refractivity contribution is 6.35. The highest BCUT2D eigenvalue weighted by atomic mass is 35.5. The molecule has 0 spiro atoms. The second-order valence-corrected chi connectivity index (χ2v) is 9.03. The first kappa shape index (κ1) is 25.2. The lowest BCUT2D eigenvalue weighted by Gasteiger charge is -2.32. The Bertz CT molecular complexity index is 998. The highest BCUT2D eigenvalue weighted by Crippen LogP contribution is 2.33. The van der Waals surface area contributed by atoms with Crippen LogP contribution in [0.15, 0.2) is 36.4 Å². The number of carbonyl (C=O) groups excluding carboxylic acids is 2. The Kier molecular flexibility index (Phi) is 8.87. The molecule has 33 heavy (non-hydrogen) atoms. The third kappa shape index (κ3) is 6.55. The zero-order valence-electron chi connectivity index (χ0n) is 19.2. The molecule has 0 bridgehead atoms. The maximum atomic E-state index is 13.4. The molecule has 178 valence electrons. The van der Waals surface area contributed by atoms with E-state index in [1.54, 1.807) is 23.1 Å². The molecule has 8 heteroatoms. The van der Waals surface area contributed by atoms with E-state index in [9.17, 15) is 9.59 Å². The zero-order valence-corrected chi connectivity index (χ0v) is 20.7. The molecule has 1 aliphatic rings. The van der Waals surface area contributed by atoms with Crippen molar-refractivity contribution in [1.29, 1.82) is 0 Å². The summed E-state index contributed by atoms with van der Waals surface area (Å²) in [4.78, 5) is 28.1. The molecule has 0 aromatic heterocycles. The number of ether oxygens (including phenoxy) is 2. The molecule has 2 aromatic carbocycles. The van der Waals surface area contributed by atoms with Crippen molar-refractivity contribution in [1.82, 2.24) is 10.2 Å². The van der Waals surface area contributed by atoms with Gasteiger partial charge in [-0.15, -0.1) is 0 Å². The maximum absolute atomic E-state index is 13.4. The molecule has 0 fully saturated rings. The van der Waals surface area contributed by atoms with Crippen LogP contribution in [0.2, 0.25) is 10.0 Å². The van der Waals surface area contributed by atoms with E-state index >= 15 is 0 Å². The first-order valence-corrected chi connectivity index (χ1v) is 12.0. The number of aryl methyl sites for hydroxylation is 1. The van der Waals surface area contributed by atoms with Gasteiger partial charge in [-0.2, -0.15) is 0 Å². The van der Waals surface area contributed by atoms with E-state index < -0.39 is 6.04 Å². The largest absolute Gasteiger partial charge is 0.454 e. The molecule has 0 aliphatic carbocycles. The monoisotopic (exact) mass is 492 g/mol. The number of carbonyl (C=O) groups is 2. The van der Waals surface area contributed by atoms with Gasteiger partial charge in [-0.3, -0.25) is 9.59 Å². The van der Waals surface area contributed by atoms with Gasteiger partial charge in [0.05, 0.1) is 0 Å². The number of halogens is 2. The minimum absolute atomic E-state index is 0.0243. The van der Waals surface area contributed by atoms with Crippen molar-refractivity contribution in [3.8, 4) is 11.5 Å². The van der Waals surface area contributed by atoms with Crippen LogP contribution in [0.3, 0.4) is 0 Å². The number of benzene rings is 2. The topological polar surface area (TPSA) is 67.9 Å². The molecule has 1 heterocycles. The quantitative estimate of drug-likeness (QED) is 0.483. The van der Waals surface area contributed by atoms with Gasteiger partial charge in [-0.25, -0.2) is 0 Å². The van der Waals surface area contributed by atoms with Gasteiger partial charge in [0.25, 0.3) is 0 Å². The van der Waals surface area contributed by atoms with Gasteiger partial charge in [0.2, 0.25) is 18.6 Å². The van der Waals surface area contributed by atoms with E-state index in [0.717, 1.165) is 17.5 Å². The molecule has 1 aliphatic heterocycles. The lowest BCUT2D eigenvalue weighted by atomic mass is 10.1. The van der Waals surface area contributed by atoms with E-state index in [1.807, 2.05) is 39.0 Å². The first-order valence-electron chi connectivity index (χ1n) is 11.2. The van der Waals surface area contributed by atoms with Gasteiger partial charge in [0.15, 0.2) is 11.5 Å². The van der Waals surface area contributed by atoms with Crippen LogP contribution >= 0.6 is 23.2 Å². The molecule has 0 saturated carbocycles. The number of nitrogens with zero attached hydrogens (tertiary/aromatic N) is 1. The van der Waals surface area contributed by atoms with Crippen LogP contribution in [-0.2, 0) is 22.6 Å². The van der Waals surface area contributed by atoms with E-state index in [-0.39, 0.29) is 37.6 Å². The molecule has 3 rings (SSSR count). The number of rotatable bonds is 10. The fraction of sp³-hybridized carbons (Fsp3) is 0.440. The summed E-state index contributed by atoms with van der Waals surface area (Å²) in [6.07, 6.45) is 2.06. The van der Waals surface area contributed by atoms with E-state index in [1.165, 1.54) is 0 Å². The fourth-order valence-corrected chi connectivity index (χ4v) is 4.15. The van der Waals surface area contributed by atoms with Crippen molar-refractivity contribution in [2.75, 3.05) is 6.79 Å². The predicted molar refractivity (Wildman–Crippen MR) is 130 cm³/mol. The van der Waals surface area contributed by atoms with Crippen molar-refractivity contribution in [2.45, 2.75) is 65.1 Å². The number of fused-ring (bicyclic) bond motifs is 1. The summed E-state index contributed by atoms with van der Waals surface area (Å²) in [7, 11) is 0. The van der Waals surface area contributed by atoms with Gasteiger partial charge in [0.1, 0.15) is 6.04 Å². The van der Waals surface area contributed by atoms with E-state index in [0.29, 0.717) is 34.4 Å². The SMILES string of the molecule is CCC(C)NC(=O)C(CC)N(Cc1ccc(Cl)cc1Cl)C(=O)CCc1ccc2c(c1)OCO2. The van der Waals surface area contributed by atoms with Crippen molar-refractivity contribution in [3.63, 3.8) is 0 Å². The molecule has 2 atom stereocenters. The minimum atomic E-state index is -0.602. The average Bonchev–Trinajstić information content (AvgIpc) is 3.26. The number of hydrogen-bond acceptors (Lipinski definition) is 4. The average molecular weight is 493 g/mol. The molecule has 2 unspecified atom stereocenters. The summed E-state index contributed by atoms with van der Waals surface area (Å²) in [5.41, 5.74) is 1.71. The van der Waals surface area contributed by atoms with Crippen LogP contribution in [0.25, 0.3) is 0 Å². The Balaban J connectivity index is 1.79. The van der Waals surface area contributed by atoms with Gasteiger partial charge < -0.3 is 19.7 Å². The Hall–Kier alpha value is -2.44. The molecule has 0 saturated heterocycles. The third-order valence-corrected chi connectivity index (χ3v) is 6.39. The van der Waals surface area contributed by atoms with Gasteiger partial charge in [-0.1, -0.05) is 49.2 Å². The summed E-state index contributed by atoms with van der Waals surface area (Å²) in [6.45, 7) is 6.29. The maximum Gasteiger partial charge on any atom is 0.243 e. The highest BCUT2D eigenvalue weighted by Gasteiger charge is 2.29. The smallest absolute Gasteiger partial charge is 0.243 e. The van der Waals surface area contributed by atoms with E-state index in [4.69, 9.17) is 32.7 Å². The first-order chi connectivity index (χ1) is 15.8. The van der Waals surface area contributed by atoms with Crippen LogP contribution < -0.4 is 14.8 Å². The Morgan fingerprint density at radius 3 is 2.52 bits per heavy atom. The summed E-state index contributed by atoms with van der Waals surface area (Å²) in [5, 5.41) is 4.00. The third-order valence-electron chi connectivity index (χ3n) is 5.81. The van der Waals surface area contributed by atoms with E-state index in [2.05, 4.69) is 5.32 Å². The molecule has 2 amide bonds. The summed E-state index contributed by atoms with van der Waals surface area (Å²) >= 11 is 12.4. The fourth-order valence-electron chi connectivity index (χ4n) is 3.69. The Morgan fingerprint density at radius 1 is 1.06 bits per heavy atom. The minimum Gasteiger partial charge on any atom is -0.454 e. The molecule has 0 radical (unpaired) electrons.